The van der Waals surface area contributed by atoms with E-state index in [-0.39, 0.29) is 17.7 Å². The maximum absolute atomic E-state index is 13.4. The molecule has 0 N–H and O–H groups in total. The zero-order valence-corrected chi connectivity index (χ0v) is 20.8. The van der Waals surface area contributed by atoms with Gasteiger partial charge in [0, 0.05) is 44.3 Å². The predicted molar refractivity (Wildman–Crippen MR) is 137 cm³/mol. The molecule has 7 heteroatoms. The number of aromatic nitrogens is 2. The lowest BCUT2D eigenvalue weighted by Crippen LogP contribution is -2.53. The monoisotopic (exact) mass is 473 g/mol. The van der Waals surface area contributed by atoms with Gasteiger partial charge in [0.1, 0.15) is 5.82 Å². The highest BCUT2D eigenvalue weighted by Crippen LogP contribution is 2.25. The highest BCUT2D eigenvalue weighted by molar-refractivity contribution is 5.94. The van der Waals surface area contributed by atoms with Crippen LogP contribution in [0.25, 0.3) is 11.0 Å². The molecule has 7 nitrogen and oxygen atoms in total. The first-order valence-corrected chi connectivity index (χ1v) is 12.8. The minimum atomic E-state index is 0.0111. The fraction of sp³-hybridized carbons (Fsp3) is 0.464. The van der Waals surface area contributed by atoms with Crippen LogP contribution >= 0.6 is 0 Å². The predicted octanol–water partition coefficient (Wildman–Crippen LogP) is 3.81. The molecule has 1 atom stereocenters. The van der Waals surface area contributed by atoms with E-state index in [0.717, 1.165) is 43.8 Å². The van der Waals surface area contributed by atoms with Crippen LogP contribution < -0.4 is 0 Å². The van der Waals surface area contributed by atoms with E-state index in [1.54, 1.807) is 0 Å². The normalized spacial score (nSPS) is 19.5. The third kappa shape index (κ3) is 4.96. The molecule has 0 aliphatic carbocycles. The number of fused-ring (bicyclic) bond motifs is 1. The number of benzene rings is 2. The number of carbonyl (C=O) groups excluding carboxylic acids is 2. The summed E-state index contributed by atoms with van der Waals surface area (Å²) in [5, 5.41) is 0. The molecule has 0 spiro atoms. The van der Waals surface area contributed by atoms with Crippen molar-refractivity contribution >= 4 is 22.8 Å². The van der Waals surface area contributed by atoms with Crippen molar-refractivity contribution in [2.24, 2.45) is 5.92 Å². The first-order chi connectivity index (χ1) is 17.0. The summed E-state index contributed by atoms with van der Waals surface area (Å²) in [4.78, 5) is 37.3. The molecule has 0 unspecified atom stereocenters. The molecule has 0 radical (unpaired) electrons. The number of piperidine rings is 1. The number of hydrogen-bond acceptors (Lipinski definition) is 4. The topological polar surface area (TPSA) is 61.7 Å². The minimum absolute atomic E-state index is 0.0111. The summed E-state index contributed by atoms with van der Waals surface area (Å²) < 4.78 is 2.32. The van der Waals surface area contributed by atoms with Gasteiger partial charge in [-0.3, -0.25) is 14.5 Å². The molecular formula is C28H35N5O2. The van der Waals surface area contributed by atoms with E-state index in [0.29, 0.717) is 37.8 Å². The van der Waals surface area contributed by atoms with Crippen molar-refractivity contribution in [1.29, 1.82) is 0 Å². The van der Waals surface area contributed by atoms with E-state index in [9.17, 15) is 9.59 Å². The van der Waals surface area contributed by atoms with E-state index in [1.165, 1.54) is 5.52 Å². The molecule has 5 rings (SSSR count). The Kier molecular flexibility index (Phi) is 6.86. The Bertz CT molecular complexity index is 1180. The van der Waals surface area contributed by atoms with Crippen LogP contribution in [0.2, 0.25) is 0 Å². The number of rotatable bonds is 5. The lowest BCUT2D eigenvalue weighted by atomic mass is 9.96. The van der Waals surface area contributed by atoms with Crippen LogP contribution in [0.15, 0.2) is 54.6 Å². The molecule has 3 aromatic rings. The molecular weight excluding hydrogens is 438 g/mol. The van der Waals surface area contributed by atoms with Gasteiger partial charge in [-0.25, -0.2) is 4.98 Å². The quantitative estimate of drug-likeness (QED) is 0.565. The van der Waals surface area contributed by atoms with Gasteiger partial charge >= 0.3 is 0 Å². The maximum atomic E-state index is 13.4. The molecule has 184 valence electrons. The van der Waals surface area contributed by atoms with Gasteiger partial charge in [-0.2, -0.15) is 0 Å². The number of carbonyl (C=O) groups is 2. The molecule has 2 saturated heterocycles. The maximum Gasteiger partial charge on any atom is 0.253 e. The van der Waals surface area contributed by atoms with Crippen LogP contribution in [0.5, 0.6) is 0 Å². The van der Waals surface area contributed by atoms with E-state index >= 15 is 0 Å². The zero-order chi connectivity index (χ0) is 24.4. The van der Waals surface area contributed by atoms with Crippen LogP contribution in [0.4, 0.5) is 0 Å². The van der Waals surface area contributed by atoms with Gasteiger partial charge in [-0.1, -0.05) is 30.3 Å². The van der Waals surface area contributed by atoms with Crippen molar-refractivity contribution in [3.05, 3.63) is 66.0 Å². The van der Waals surface area contributed by atoms with Crippen molar-refractivity contribution in [2.45, 2.75) is 39.3 Å². The number of amides is 2. The SMILES string of the molecule is CC(C)n1c(CN2CCC[C@@H](C(=O)N3CCN(C(=O)c4ccccc4)CC3)C2)nc2ccccc21. The minimum Gasteiger partial charge on any atom is -0.339 e. The Labute approximate surface area is 207 Å². The van der Waals surface area contributed by atoms with E-state index < -0.39 is 0 Å². The second-order valence-electron chi connectivity index (χ2n) is 10.0. The molecule has 3 heterocycles. The molecule has 2 aliphatic heterocycles. The lowest BCUT2D eigenvalue weighted by Gasteiger charge is -2.39. The molecule has 1 aromatic heterocycles. The lowest BCUT2D eigenvalue weighted by molar-refractivity contribution is -0.139. The van der Waals surface area contributed by atoms with Gasteiger partial charge < -0.3 is 14.4 Å². The number of piperazine rings is 1. The summed E-state index contributed by atoms with van der Waals surface area (Å²) in [5.41, 5.74) is 2.91. The molecule has 2 aromatic carbocycles. The Balaban J connectivity index is 1.20. The van der Waals surface area contributed by atoms with E-state index in [4.69, 9.17) is 4.98 Å². The van der Waals surface area contributed by atoms with Crippen molar-refractivity contribution in [1.82, 2.24) is 24.3 Å². The van der Waals surface area contributed by atoms with Gasteiger partial charge in [0.15, 0.2) is 0 Å². The molecule has 0 bridgehead atoms. The molecule has 2 amide bonds. The first kappa shape index (κ1) is 23.5. The van der Waals surface area contributed by atoms with Crippen molar-refractivity contribution in [2.75, 3.05) is 39.3 Å². The largest absolute Gasteiger partial charge is 0.339 e. The van der Waals surface area contributed by atoms with Gasteiger partial charge in [-0.05, 0) is 57.5 Å². The Morgan fingerprint density at radius 3 is 2.34 bits per heavy atom. The number of likely N-dealkylation sites (tertiary alicyclic amines) is 1. The molecule has 35 heavy (non-hydrogen) atoms. The fourth-order valence-corrected chi connectivity index (χ4v) is 5.53. The number of imidazole rings is 1. The van der Waals surface area contributed by atoms with Crippen molar-refractivity contribution in [3.8, 4) is 0 Å². The molecule has 2 aliphatic rings. The van der Waals surface area contributed by atoms with Crippen molar-refractivity contribution in [3.63, 3.8) is 0 Å². The Hall–Kier alpha value is -3.19. The van der Waals surface area contributed by atoms with Gasteiger partial charge in [-0.15, -0.1) is 0 Å². The first-order valence-electron chi connectivity index (χ1n) is 12.8. The van der Waals surface area contributed by atoms with Crippen molar-refractivity contribution < 1.29 is 9.59 Å². The second kappa shape index (κ2) is 10.2. The van der Waals surface area contributed by atoms with Gasteiger partial charge in [0.25, 0.3) is 5.91 Å². The van der Waals surface area contributed by atoms with E-state index in [1.807, 2.05) is 46.2 Å². The molecule has 2 fully saturated rings. The third-order valence-corrected chi connectivity index (χ3v) is 7.30. The van der Waals surface area contributed by atoms with Crippen LogP contribution in [0, 0.1) is 5.92 Å². The summed E-state index contributed by atoms with van der Waals surface area (Å²) in [5.74, 6) is 1.37. The summed E-state index contributed by atoms with van der Waals surface area (Å²) in [6, 6.07) is 18.0. The van der Waals surface area contributed by atoms with Gasteiger partial charge in [0.05, 0.1) is 23.5 Å². The summed E-state index contributed by atoms with van der Waals surface area (Å²) in [6.45, 7) is 9.31. The third-order valence-electron chi connectivity index (χ3n) is 7.30. The fourth-order valence-electron chi connectivity index (χ4n) is 5.53. The van der Waals surface area contributed by atoms with Crippen LogP contribution in [0.3, 0.4) is 0 Å². The average Bonchev–Trinajstić information content (AvgIpc) is 3.26. The summed E-state index contributed by atoms with van der Waals surface area (Å²) in [7, 11) is 0. The van der Waals surface area contributed by atoms with Crippen LogP contribution in [-0.2, 0) is 11.3 Å². The van der Waals surface area contributed by atoms with E-state index in [2.05, 4.69) is 41.5 Å². The highest BCUT2D eigenvalue weighted by Gasteiger charge is 2.32. The number of nitrogens with zero attached hydrogens (tertiary/aromatic N) is 5. The standard InChI is InChI=1S/C28H35N5O2/c1-21(2)33-25-13-7-6-12-24(25)29-26(33)20-30-14-8-11-23(19-30)28(35)32-17-15-31(16-18-32)27(34)22-9-4-3-5-10-22/h3-7,9-10,12-13,21,23H,8,11,14-20H2,1-2H3/t23-/m1/s1. The number of hydrogen-bond donors (Lipinski definition) is 0. The summed E-state index contributed by atoms with van der Waals surface area (Å²) in [6.07, 6.45) is 1.95. The number of para-hydroxylation sites is 2. The van der Waals surface area contributed by atoms with Gasteiger partial charge in [0.2, 0.25) is 5.91 Å². The summed E-state index contributed by atoms with van der Waals surface area (Å²) >= 11 is 0. The van der Waals surface area contributed by atoms with Crippen LogP contribution in [-0.4, -0.2) is 75.3 Å². The Morgan fingerprint density at radius 1 is 0.914 bits per heavy atom. The zero-order valence-electron chi connectivity index (χ0n) is 20.8. The Morgan fingerprint density at radius 2 is 1.60 bits per heavy atom. The second-order valence-corrected chi connectivity index (χ2v) is 10.0. The highest BCUT2D eigenvalue weighted by atomic mass is 16.2. The molecule has 0 saturated carbocycles. The smallest absolute Gasteiger partial charge is 0.253 e. The average molecular weight is 474 g/mol. The van der Waals surface area contributed by atoms with Crippen LogP contribution in [0.1, 0.15) is 48.9 Å².